The summed E-state index contributed by atoms with van der Waals surface area (Å²) in [5.41, 5.74) is 6.31. The van der Waals surface area contributed by atoms with Crippen LogP contribution in [-0.4, -0.2) is 67.2 Å². The van der Waals surface area contributed by atoms with Gasteiger partial charge in [0, 0.05) is 17.8 Å². The quantitative estimate of drug-likeness (QED) is 0.252. The Morgan fingerprint density at radius 1 is 1.38 bits per heavy atom. The van der Waals surface area contributed by atoms with Crippen LogP contribution in [0.1, 0.15) is 18.2 Å². The molecule has 4 N–H and O–H groups in total. The number of oxime groups is 1. The van der Waals surface area contributed by atoms with E-state index in [0.717, 1.165) is 21.8 Å². The van der Waals surface area contributed by atoms with Crippen LogP contribution in [0.4, 0.5) is 5.13 Å². The van der Waals surface area contributed by atoms with Crippen LogP contribution in [-0.2, 0) is 30.6 Å². The van der Waals surface area contributed by atoms with Crippen molar-refractivity contribution in [1.29, 1.82) is 0 Å². The minimum atomic E-state index is -1.29. The summed E-state index contributed by atoms with van der Waals surface area (Å²) in [6.45, 7) is 2.06. The second-order valence-corrected chi connectivity index (χ2v) is 9.01. The van der Waals surface area contributed by atoms with E-state index in [-0.39, 0.29) is 47.0 Å². The van der Waals surface area contributed by atoms with E-state index in [1.54, 1.807) is 36.8 Å². The standard InChI is InChI=1S/C20H20N6O6S2/c1-2-32-25-13(11-8-34-20(21)23-11)16(27)24-14-17(28)26-15(19(29)30)12(9-33-18(14)26)31-7-10-3-5-22-6-4-10/h3-6,8,14,18H,2,7,9H2,1H3,(H2,21,23)(H,24,27)(H,29,30)/b25-13-/t14-,18-/m1/s1. The molecule has 0 bridgehead atoms. The molecular weight excluding hydrogens is 484 g/mol. The summed E-state index contributed by atoms with van der Waals surface area (Å²) in [5.74, 6) is -2.14. The van der Waals surface area contributed by atoms with Crippen molar-refractivity contribution in [3.63, 3.8) is 0 Å². The van der Waals surface area contributed by atoms with Crippen LogP contribution in [0.15, 0.2) is 46.5 Å². The number of β-lactam (4-membered cyclic amide) rings is 1. The van der Waals surface area contributed by atoms with E-state index in [2.05, 4.69) is 20.4 Å². The molecule has 14 heteroatoms. The van der Waals surface area contributed by atoms with Gasteiger partial charge in [0.25, 0.3) is 11.8 Å². The van der Waals surface area contributed by atoms with Crippen LogP contribution in [0.25, 0.3) is 0 Å². The van der Waals surface area contributed by atoms with Crippen LogP contribution >= 0.6 is 23.1 Å². The van der Waals surface area contributed by atoms with Crippen LogP contribution in [0.3, 0.4) is 0 Å². The predicted molar refractivity (Wildman–Crippen MR) is 123 cm³/mol. The Morgan fingerprint density at radius 2 is 2.15 bits per heavy atom. The summed E-state index contributed by atoms with van der Waals surface area (Å²) in [4.78, 5) is 51.8. The highest BCUT2D eigenvalue weighted by atomic mass is 32.2. The number of amides is 2. The number of pyridine rings is 1. The maximum atomic E-state index is 12.9. The lowest BCUT2D eigenvalue weighted by Crippen LogP contribution is -2.71. The molecule has 0 radical (unpaired) electrons. The zero-order valence-electron chi connectivity index (χ0n) is 17.8. The number of ether oxygens (including phenoxy) is 1. The van der Waals surface area contributed by atoms with Gasteiger partial charge in [0.05, 0.1) is 5.75 Å². The normalized spacial score (nSPS) is 19.9. The Kier molecular flexibility index (Phi) is 6.98. The third-order valence-corrected chi connectivity index (χ3v) is 6.78. The van der Waals surface area contributed by atoms with E-state index in [9.17, 15) is 19.5 Å². The van der Waals surface area contributed by atoms with Crippen molar-refractivity contribution in [1.82, 2.24) is 20.2 Å². The molecule has 1 saturated heterocycles. The number of fused-ring (bicyclic) bond motifs is 1. The number of carboxylic acids is 1. The molecule has 4 rings (SSSR count). The number of hydrogen-bond donors (Lipinski definition) is 3. The second-order valence-electron chi connectivity index (χ2n) is 7.01. The van der Waals surface area contributed by atoms with Crippen LogP contribution in [0, 0.1) is 0 Å². The molecule has 2 aromatic rings. The maximum Gasteiger partial charge on any atom is 0.356 e. The number of carbonyl (C=O) groups is 3. The molecule has 2 aliphatic heterocycles. The van der Waals surface area contributed by atoms with E-state index < -0.39 is 29.2 Å². The van der Waals surface area contributed by atoms with Gasteiger partial charge in [-0.25, -0.2) is 9.78 Å². The van der Waals surface area contributed by atoms with Gasteiger partial charge in [0.2, 0.25) is 0 Å². The average Bonchev–Trinajstić information content (AvgIpc) is 3.27. The molecule has 34 heavy (non-hydrogen) atoms. The van der Waals surface area contributed by atoms with E-state index in [1.807, 2.05) is 0 Å². The number of anilines is 1. The molecule has 4 heterocycles. The van der Waals surface area contributed by atoms with Gasteiger partial charge in [-0.1, -0.05) is 5.16 Å². The molecule has 0 saturated carbocycles. The van der Waals surface area contributed by atoms with E-state index in [4.69, 9.17) is 15.3 Å². The first kappa shape index (κ1) is 23.5. The number of carbonyl (C=O) groups excluding carboxylic acids is 2. The number of aromatic nitrogens is 2. The average molecular weight is 505 g/mol. The molecule has 0 spiro atoms. The molecule has 1 fully saturated rings. The number of nitrogen functional groups attached to an aromatic ring is 1. The minimum Gasteiger partial charge on any atom is -0.490 e. The maximum absolute atomic E-state index is 12.9. The van der Waals surface area contributed by atoms with Gasteiger partial charge < -0.3 is 25.7 Å². The first-order valence-corrected chi connectivity index (χ1v) is 12.0. The molecule has 2 aromatic heterocycles. The second kappa shape index (κ2) is 10.1. The summed E-state index contributed by atoms with van der Waals surface area (Å²) in [6, 6.07) is 2.55. The van der Waals surface area contributed by atoms with Crippen molar-refractivity contribution in [2.24, 2.45) is 5.16 Å². The van der Waals surface area contributed by atoms with Crippen molar-refractivity contribution in [3.8, 4) is 0 Å². The third kappa shape index (κ3) is 4.68. The molecule has 178 valence electrons. The van der Waals surface area contributed by atoms with Gasteiger partial charge in [-0.15, -0.1) is 23.1 Å². The predicted octanol–water partition coefficient (Wildman–Crippen LogP) is 0.774. The Balaban J connectivity index is 1.49. The number of nitrogens with zero attached hydrogens (tertiary/aromatic N) is 4. The molecule has 0 aromatic carbocycles. The minimum absolute atomic E-state index is 0.128. The zero-order chi connectivity index (χ0) is 24.2. The number of rotatable bonds is 9. The number of aliphatic carboxylic acids is 1. The summed E-state index contributed by atoms with van der Waals surface area (Å²) in [7, 11) is 0. The largest absolute Gasteiger partial charge is 0.490 e. The summed E-state index contributed by atoms with van der Waals surface area (Å²) < 4.78 is 5.72. The smallest absolute Gasteiger partial charge is 0.356 e. The van der Waals surface area contributed by atoms with Gasteiger partial charge >= 0.3 is 5.97 Å². The lowest BCUT2D eigenvalue weighted by molar-refractivity contribution is -0.150. The third-order valence-electron chi connectivity index (χ3n) is 4.85. The Bertz CT molecular complexity index is 1170. The highest BCUT2D eigenvalue weighted by molar-refractivity contribution is 8.00. The van der Waals surface area contributed by atoms with E-state index in [0.29, 0.717) is 0 Å². The fourth-order valence-electron chi connectivity index (χ4n) is 3.29. The van der Waals surface area contributed by atoms with E-state index in [1.165, 1.54) is 11.8 Å². The highest BCUT2D eigenvalue weighted by Gasteiger charge is 2.55. The monoisotopic (exact) mass is 504 g/mol. The van der Waals surface area contributed by atoms with Gasteiger partial charge in [-0.2, -0.15) is 0 Å². The first-order chi connectivity index (χ1) is 16.4. The number of carboxylic acid groups (broad SMARTS) is 1. The SMILES string of the molecule is CCO/N=C(\C(=O)N[C@@H]1C(=O)N2C(C(=O)O)=C(OCc3ccncc3)CS[C@H]12)c1csc(N)n1. The van der Waals surface area contributed by atoms with Gasteiger partial charge in [0.15, 0.2) is 16.5 Å². The summed E-state index contributed by atoms with van der Waals surface area (Å²) in [5, 5.41) is 17.4. The molecule has 12 nitrogen and oxygen atoms in total. The molecule has 2 aliphatic rings. The van der Waals surface area contributed by atoms with Crippen LogP contribution in [0.5, 0.6) is 0 Å². The molecule has 2 atom stereocenters. The zero-order valence-corrected chi connectivity index (χ0v) is 19.5. The fraction of sp³-hybridized carbons (Fsp3) is 0.300. The first-order valence-electron chi connectivity index (χ1n) is 10.1. The molecule has 0 aliphatic carbocycles. The Hall–Kier alpha value is -3.65. The number of nitrogens with one attached hydrogen (secondary N) is 1. The van der Waals surface area contributed by atoms with Gasteiger partial charge in [-0.3, -0.25) is 19.5 Å². The van der Waals surface area contributed by atoms with Gasteiger partial charge in [-0.05, 0) is 24.6 Å². The van der Waals surface area contributed by atoms with Crippen molar-refractivity contribution in [2.45, 2.75) is 24.9 Å². The molecule has 2 amide bonds. The number of thioether (sulfide) groups is 1. The van der Waals surface area contributed by atoms with E-state index >= 15 is 0 Å². The summed E-state index contributed by atoms with van der Waals surface area (Å²) >= 11 is 2.42. The lowest BCUT2D eigenvalue weighted by Gasteiger charge is -2.48. The Morgan fingerprint density at radius 3 is 2.79 bits per heavy atom. The van der Waals surface area contributed by atoms with Crippen molar-refractivity contribution in [3.05, 3.63) is 52.6 Å². The van der Waals surface area contributed by atoms with Crippen molar-refractivity contribution >= 4 is 51.7 Å². The van der Waals surface area contributed by atoms with Crippen LogP contribution in [0.2, 0.25) is 0 Å². The van der Waals surface area contributed by atoms with Crippen molar-refractivity contribution in [2.75, 3.05) is 18.1 Å². The topological polar surface area (TPSA) is 169 Å². The Labute approximate surface area is 201 Å². The lowest BCUT2D eigenvalue weighted by atomic mass is 10.0. The molecule has 0 unspecified atom stereocenters. The highest BCUT2D eigenvalue weighted by Crippen LogP contribution is 2.40. The van der Waals surface area contributed by atoms with Gasteiger partial charge in [0.1, 0.15) is 36.1 Å². The summed E-state index contributed by atoms with van der Waals surface area (Å²) in [6.07, 6.45) is 3.21. The molecular formula is C20H20N6O6S2. The number of hydrogen-bond acceptors (Lipinski definition) is 11. The fourth-order valence-corrected chi connectivity index (χ4v) is 5.12. The number of nitrogens with two attached hydrogens (primary N) is 1. The number of thiazole rings is 1. The van der Waals surface area contributed by atoms with Crippen molar-refractivity contribution < 1.29 is 29.1 Å². The van der Waals surface area contributed by atoms with Crippen LogP contribution < -0.4 is 11.1 Å².